The molecular weight excluding hydrogens is 328 g/mol. The van der Waals surface area contributed by atoms with Gasteiger partial charge in [0, 0.05) is 25.6 Å². The van der Waals surface area contributed by atoms with Crippen molar-refractivity contribution in [3.8, 4) is 0 Å². The fourth-order valence-electron chi connectivity index (χ4n) is 3.12. The van der Waals surface area contributed by atoms with Crippen LogP contribution in [0.1, 0.15) is 27.0 Å². The van der Waals surface area contributed by atoms with Crippen molar-refractivity contribution in [2.75, 3.05) is 33.1 Å². The van der Waals surface area contributed by atoms with Gasteiger partial charge in [0.2, 0.25) is 10.0 Å². The predicted molar refractivity (Wildman–Crippen MR) is 93.7 cm³/mol. The van der Waals surface area contributed by atoms with Crippen LogP contribution < -0.4 is 5.32 Å². The molecule has 1 aliphatic rings. The summed E-state index contributed by atoms with van der Waals surface area (Å²) < 4.78 is 30.8. The number of nitrogens with zero attached hydrogens (tertiary/aromatic N) is 1. The number of hydrogen-bond acceptors (Lipinski definition) is 4. The number of ether oxygens (including phenoxy) is 1. The maximum atomic E-state index is 12.7. The Morgan fingerprint density at radius 3 is 2.33 bits per heavy atom. The number of amides is 1. The van der Waals surface area contributed by atoms with E-state index in [2.05, 4.69) is 5.32 Å². The lowest BCUT2D eigenvalue weighted by atomic mass is 9.98. The van der Waals surface area contributed by atoms with E-state index in [1.807, 2.05) is 32.9 Å². The van der Waals surface area contributed by atoms with E-state index in [0.29, 0.717) is 18.8 Å². The van der Waals surface area contributed by atoms with Crippen molar-refractivity contribution < 1.29 is 17.9 Å². The Bertz CT molecular complexity index is 705. The van der Waals surface area contributed by atoms with Gasteiger partial charge in [-0.25, -0.2) is 12.7 Å². The second kappa shape index (κ2) is 7.21. The van der Waals surface area contributed by atoms with Gasteiger partial charge >= 0.3 is 0 Å². The molecule has 0 unspecified atom stereocenters. The molecule has 1 N–H and O–H groups in total. The zero-order valence-corrected chi connectivity index (χ0v) is 15.7. The molecule has 0 radical (unpaired) electrons. The highest BCUT2D eigenvalue weighted by Gasteiger charge is 2.34. The van der Waals surface area contributed by atoms with E-state index in [1.165, 1.54) is 18.4 Å². The molecule has 0 aliphatic carbocycles. The van der Waals surface area contributed by atoms with E-state index >= 15 is 0 Å². The highest BCUT2D eigenvalue weighted by molar-refractivity contribution is 7.89. The molecule has 24 heavy (non-hydrogen) atoms. The van der Waals surface area contributed by atoms with Gasteiger partial charge in [0.05, 0.1) is 25.0 Å². The molecule has 7 heteroatoms. The lowest BCUT2D eigenvalue weighted by molar-refractivity contribution is 0.0924. The number of carbonyl (C=O) groups excluding carboxylic acids is 1. The summed E-state index contributed by atoms with van der Waals surface area (Å²) in [4.78, 5) is 12.7. The summed E-state index contributed by atoms with van der Waals surface area (Å²) >= 11 is 0. The Balaban J connectivity index is 2.14. The molecule has 6 nitrogen and oxygen atoms in total. The number of nitrogens with one attached hydrogen (secondary N) is 1. The second-order valence-electron chi connectivity index (χ2n) is 6.71. The Hall–Kier alpha value is -1.44. The zero-order valence-electron chi connectivity index (χ0n) is 14.9. The van der Waals surface area contributed by atoms with Gasteiger partial charge in [-0.15, -0.1) is 0 Å². The summed E-state index contributed by atoms with van der Waals surface area (Å²) in [6, 6.07) is 3.65. The molecule has 1 aliphatic heterocycles. The molecule has 1 aromatic rings. The maximum absolute atomic E-state index is 12.7. The Morgan fingerprint density at radius 1 is 1.21 bits per heavy atom. The normalized spacial score (nSPS) is 21.2. The summed E-state index contributed by atoms with van der Waals surface area (Å²) in [6.45, 7) is 6.49. The van der Waals surface area contributed by atoms with Crippen LogP contribution in [0.5, 0.6) is 0 Å². The molecule has 1 saturated heterocycles. The average molecular weight is 354 g/mol. The van der Waals surface area contributed by atoms with Crippen molar-refractivity contribution in [1.29, 1.82) is 0 Å². The van der Waals surface area contributed by atoms with Gasteiger partial charge in [-0.05, 0) is 31.9 Å². The summed E-state index contributed by atoms with van der Waals surface area (Å²) in [6.07, 6.45) is 0. The first kappa shape index (κ1) is 18.9. The molecule has 0 saturated carbocycles. The predicted octanol–water partition coefficient (Wildman–Crippen LogP) is 1.25. The molecule has 0 spiro atoms. The standard InChI is InChI=1S/C17H26N2O4S/c1-11-6-12(2)16(13(3)7-11)17(20)18-15-9-23-8-14(15)10-24(21,22)19(4)5/h6-7,14-15H,8-10H2,1-5H3,(H,18,20)/t14-,15-/m0/s1. The summed E-state index contributed by atoms with van der Waals surface area (Å²) in [5, 5.41) is 2.96. The SMILES string of the molecule is Cc1cc(C)c(C(=O)N[C@H]2COC[C@H]2CS(=O)(=O)N(C)C)c(C)c1. The van der Waals surface area contributed by atoms with Crippen LogP contribution in [0, 0.1) is 26.7 Å². The van der Waals surface area contributed by atoms with Gasteiger partial charge < -0.3 is 10.1 Å². The smallest absolute Gasteiger partial charge is 0.252 e. The fourth-order valence-corrected chi connectivity index (χ4v) is 4.29. The van der Waals surface area contributed by atoms with E-state index in [4.69, 9.17) is 4.74 Å². The number of hydrogen-bond donors (Lipinski definition) is 1. The average Bonchev–Trinajstić information content (AvgIpc) is 2.83. The zero-order chi connectivity index (χ0) is 18.1. The summed E-state index contributed by atoms with van der Waals surface area (Å²) in [5.41, 5.74) is 3.60. The first-order valence-corrected chi connectivity index (χ1v) is 9.59. The highest BCUT2D eigenvalue weighted by atomic mass is 32.2. The van der Waals surface area contributed by atoms with E-state index < -0.39 is 10.0 Å². The quantitative estimate of drug-likeness (QED) is 0.863. The van der Waals surface area contributed by atoms with Crippen molar-refractivity contribution in [1.82, 2.24) is 9.62 Å². The lowest BCUT2D eigenvalue weighted by Gasteiger charge is -2.22. The van der Waals surface area contributed by atoms with Crippen molar-refractivity contribution >= 4 is 15.9 Å². The van der Waals surface area contributed by atoms with Crippen LogP contribution in [0.3, 0.4) is 0 Å². The van der Waals surface area contributed by atoms with Crippen LogP contribution in [-0.2, 0) is 14.8 Å². The van der Waals surface area contributed by atoms with Crippen LogP contribution >= 0.6 is 0 Å². The van der Waals surface area contributed by atoms with Crippen LogP contribution in [0.25, 0.3) is 0 Å². The minimum absolute atomic E-state index is 0.0309. The van der Waals surface area contributed by atoms with Crippen LogP contribution in [0.2, 0.25) is 0 Å². The van der Waals surface area contributed by atoms with Gasteiger partial charge in [0.25, 0.3) is 5.91 Å². The Labute approximate surface area is 144 Å². The summed E-state index contributed by atoms with van der Waals surface area (Å²) in [7, 11) is -0.312. The molecule has 1 fully saturated rings. The third-order valence-electron chi connectivity index (χ3n) is 4.40. The maximum Gasteiger partial charge on any atom is 0.252 e. The highest BCUT2D eigenvalue weighted by Crippen LogP contribution is 2.20. The number of rotatable bonds is 5. The van der Waals surface area contributed by atoms with Gasteiger partial charge in [-0.1, -0.05) is 17.7 Å². The van der Waals surface area contributed by atoms with Crippen LogP contribution in [-0.4, -0.2) is 57.7 Å². The molecule has 2 atom stereocenters. The second-order valence-corrected chi connectivity index (χ2v) is 8.94. The van der Waals surface area contributed by atoms with Crippen molar-refractivity contribution in [2.24, 2.45) is 5.92 Å². The minimum Gasteiger partial charge on any atom is -0.379 e. The van der Waals surface area contributed by atoms with Crippen LogP contribution in [0.15, 0.2) is 12.1 Å². The topological polar surface area (TPSA) is 75.7 Å². The van der Waals surface area contributed by atoms with Crippen molar-refractivity contribution in [2.45, 2.75) is 26.8 Å². The van der Waals surface area contributed by atoms with E-state index in [1.54, 1.807) is 0 Å². The molecule has 0 aromatic heterocycles. The molecular formula is C17H26N2O4S. The molecule has 134 valence electrons. The molecule has 1 aromatic carbocycles. The van der Waals surface area contributed by atoms with E-state index in [-0.39, 0.29) is 23.6 Å². The lowest BCUT2D eigenvalue weighted by Crippen LogP contribution is -2.44. The minimum atomic E-state index is -3.33. The summed E-state index contributed by atoms with van der Waals surface area (Å²) in [5.74, 6) is -0.447. The largest absolute Gasteiger partial charge is 0.379 e. The third kappa shape index (κ3) is 4.15. The number of aryl methyl sites for hydroxylation is 3. The molecule has 2 rings (SSSR count). The van der Waals surface area contributed by atoms with Gasteiger partial charge in [0.1, 0.15) is 0 Å². The molecule has 1 heterocycles. The van der Waals surface area contributed by atoms with Gasteiger partial charge in [0.15, 0.2) is 0 Å². The number of benzene rings is 1. The van der Waals surface area contributed by atoms with Gasteiger partial charge in [-0.2, -0.15) is 0 Å². The third-order valence-corrected chi connectivity index (χ3v) is 6.36. The van der Waals surface area contributed by atoms with Crippen LogP contribution in [0.4, 0.5) is 0 Å². The Kier molecular flexibility index (Phi) is 5.67. The van der Waals surface area contributed by atoms with Crippen molar-refractivity contribution in [3.05, 3.63) is 34.4 Å². The van der Waals surface area contributed by atoms with E-state index in [9.17, 15) is 13.2 Å². The molecule has 0 bridgehead atoms. The first-order valence-electron chi connectivity index (χ1n) is 7.98. The van der Waals surface area contributed by atoms with E-state index in [0.717, 1.165) is 16.7 Å². The fraction of sp³-hybridized carbons (Fsp3) is 0.588. The Morgan fingerprint density at radius 2 is 1.79 bits per heavy atom. The number of sulfonamides is 1. The van der Waals surface area contributed by atoms with Crippen molar-refractivity contribution in [3.63, 3.8) is 0 Å². The monoisotopic (exact) mass is 354 g/mol. The number of carbonyl (C=O) groups is 1. The molecule has 1 amide bonds. The first-order chi connectivity index (χ1) is 11.1. The van der Waals surface area contributed by atoms with Gasteiger partial charge in [-0.3, -0.25) is 4.79 Å².